The number of thiophene rings is 1. The molecule has 0 aliphatic rings. The molecule has 0 radical (unpaired) electrons. The third-order valence-electron chi connectivity index (χ3n) is 4.03. The lowest BCUT2D eigenvalue weighted by molar-refractivity contribution is -0.237. The van der Waals surface area contributed by atoms with Crippen molar-refractivity contribution in [1.29, 1.82) is 0 Å². The van der Waals surface area contributed by atoms with Crippen molar-refractivity contribution in [2.45, 2.75) is 29.5 Å². The number of aromatic hydroxyl groups is 1. The zero-order valence-electron chi connectivity index (χ0n) is 15.5. The van der Waals surface area contributed by atoms with E-state index in [1.807, 2.05) is 0 Å². The Bertz CT molecular complexity index is 1200. The molecular weight excluding hydrogens is 489 g/mol. The quantitative estimate of drug-likeness (QED) is 0.262. The largest absolute Gasteiger partial charge is 0.506 e. The molecule has 0 atom stereocenters. The number of halogens is 6. The second kappa shape index (κ2) is 7.99. The number of fused-ring (bicyclic) bond motifs is 1. The Morgan fingerprint density at radius 2 is 1.81 bits per heavy atom. The number of alkyl halides is 5. The van der Waals surface area contributed by atoms with Crippen LogP contribution in [0.3, 0.4) is 0 Å². The van der Waals surface area contributed by atoms with Gasteiger partial charge in [-0.25, -0.2) is 0 Å². The van der Waals surface area contributed by atoms with Crippen molar-refractivity contribution < 1.29 is 41.4 Å². The van der Waals surface area contributed by atoms with Gasteiger partial charge in [-0.3, -0.25) is 14.2 Å². The van der Waals surface area contributed by atoms with Crippen LogP contribution in [-0.4, -0.2) is 33.0 Å². The second-order valence-electron chi connectivity index (χ2n) is 6.18. The van der Waals surface area contributed by atoms with Crippen molar-refractivity contribution in [3.8, 4) is 11.5 Å². The minimum Gasteiger partial charge on any atom is -0.506 e. The van der Waals surface area contributed by atoms with E-state index in [0.717, 1.165) is 23.6 Å². The van der Waals surface area contributed by atoms with Crippen LogP contribution in [-0.2, 0) is 4.79 Å². The van der Waals surface area contributed by atoms with Crippen LogP contribution in [0.2, 0.25) is 5.02 Å². The Labute approximate surface area is 184 Å². The summed E-state index contributed by atoms with van der Waals surface area (Å²) in [6, 6.07) is 4.62. The predicted molar refractivity (Wildman–Crippen MR) is 106 cm³/mol. The second-order valence-corrected chi connectivity index (χ2v) is 9.05. The van der Waals surface area contributed by atoms with Crippen LogP contribution in [0.1, 0.15) is 22.3 Å². The van der Waals surface area contributed by atoms with Gasteiger partial charge in [0.05, 0.1) is 30.7 Å². The number of carbonyl (C=O) groups excluding carboxylic acids is 2. The summed E-state index contributed by atoms with van der Waals surface area (Å²) in [5.41, 5.74) is 0.260. The van der Waals surface area contributed by atoms with E-state index in [0.29, 0.717) is 11.3 Å². The SMILES string of the molecule is CC(=O)Oc1c(C)n(C(=O)c2ccc(SC(F)(F)C(F)(F)F)s2)c2ccc(O)c(Cl)c12. The van der Waals surface area contributed by atoms with E-state index in [-0.39, 0.29) is 38.0 Å². The van der Waals surface area contributed by atoms with E-state index in [2.05, 4.69) is 0 Å². The summed E-state index contributed by atoms with van der Waals surface area (Å²) in [6.45, 7) is 2.54. The molecule has 2 heterocycles. The maximum absolute atomic E-state index is 13.3. The molecule has 2 aromatic heterocycles. The number of nitrogens with zero attached hydrogens (tertiary/aromatic N) is 1. The van der Waals surface area contributed by atoms with Crippen LogP contribution in [0.15, 0.2) is 28.5 Å². The normalized spacial score (nSPS) is 12.4. The van der Waals surface area contributed by atoms with Crippen molar-refractivity contribution in [3.63, 3.8) is 0 Å². The van der Waals surface area contributed by atoms with Crippen molar-refractivity contribution in [2.24, 2.45) is 0 Å². The molecule has 1 N–H and O–H groups in total. The van der Waals surface area contributed by atoms with Gasteiger partial charge in [-0.2, -0.15) is 22.0 Å². The third kappa shape index (κ3) is 4.23. The lowest BCUT2D eigenvalue weighted by Gasteiger charge is -2.17. The molecule has 31 heavy (non-hydrogen) atoms. The van der Waals surface area contributed by atoms with Crippen molar-refractivity contribution >= 4 is 57.5 Å². The van der Waals surface area contributed by atoms with Gasteiger partial charge in [0.1, 0.15) is 5.75 Å². The van der Waals surface area contributed by atoms with Gasteiger partial charge in [-0.1, -0.05) is 11.6 Å². The lowest BCUT2D eigenvalue weighted by Crippen LogP contribution is -2.32. The Balaban J connectivity index is 2.08. The van der Waals surface area contributed by atoms with Crippen LogP contribution in [0.25, 0.3) is 10.9 Å². The molecule has 0 bridgehead atoms. The van der Waals surface area contributed by atoms with Crippen molar-refractivity contribution in [2.75, 3.05) is 0 Å². The van der Waals surface area contributed by atoms with E-state index < -0.39 is 39.3 Å². The topological polar surface area (TPSA) is 68.5 Å². The smallest absolute Gasteiger partial charge is 0.464 e. The number of hydrogen-bond donors (Lipinski definition) is 1. The number of phenolic OH excluding ortho intramolecular Hbond substituents is 1. The molecule has 0 saturated heterocycles. The fourth-order valence-corrected chi connectivity index (χ4v) is 4.90. The first-order valence-electron chi connectivity index (χ1n) is 8.23. The van der Waals surface area contributed by atoms with Crippen molar-refractivity contribution in [3.05, 3.63) is 39.9 Å². The zero-order chi connectivity index (χ0) is 23.3. The van der Waals surface area contributed by atoms with E-state index in [4.69, 9.17) is 16.3 Å². The van der Waals surface area contributed by atoms with Crippen LogP contribution < -0.4 is 4.74 Å². The Kier molecular flexibility index (Phi) is 6.02. The van der Waals surface area contributed by atoms with E-state index in [9.17, 15) is 36.6 Å². The highest BCUT2D eigenvalue weighted by atomic mass is 35.5. The Hall–Kier alpha value is -2.31. The fraction of sp³-hybridized carbons (Fsp3) is 0.222. The highest BCUT2D eigenvalue weighted by molar-refractivity contribution is 8.02. The van der Waals surface area contributed by atoms with Gasteiger partial charge in [-0.15, -0.1) is 11.3 Å². The molecule has 0 aliphatic heterocycles. The summed E-state index contributed by atoms with van der Waals surface area (Å²) >= 11 is 5.85. The van der Waals surface area contributed by atoms with Gasteiger partial charge in [0, 0.05) is 6.92 Å². The average Bonchev–Trinajstić information content (AvgIpc) is 3.19. The molecule has 0 amide bonds. The van der Waals surface area contributed by atoms with Gasteiger partial charge in [0.15, 0.2) is 5.75 Å². The number of hydrogen-bond acceptors (Lipinski definition) is 6. The number of phenols is 1. The average molecular weight is 500 g/mol. The van der Waals surface area contributed by atoms with E-state index in [1.54, 1.807) is 0 Å². The molecule has 3 rings (SSSR count). The van der Waals surface area contributed by atoms with E-state index >= 15 is 0 Å². The van der Waals surface area contributed by atoms with E-state index in [1.165, 1.54) is 19.1 Å². The zero-order valence-corrected chi connectivity index (χ0v) is 17.9. The Morgan fingerprint density at radius 3 is 2.39 bits per heavy atom. The molecule has 3 aromatic rings. The van der Waals surface area contributed by atoms with Crippen LogP contribution >= 0.6 is 34.7 Å². The predicted octanol–water partition coefficient (Wildman–Crippen LogP) is 6.23. The number of esters is 1. The molecule has 13 heteroatoms. The summed E-state index contributed by atoms with van der Waals surface area (Å²) in [5, 5.41) is 4.74. The molecule has 0 spiro atoms. The highest BCUT2D eigenvalue weighted by Gasteiger charge is 2.58. The molecule has 0 saturated carbocycles. The number of carbonyl (C=O) groups is 2. The molecule has 0 unspecified atom stereocenters. The maximum Gasteiger partial charge on any atom is 0.464 e. The fourth-order valence-electron chi connectivity index (χ4n) is 2.74. The highest BCUT2D eigenvalue weighted by Crippen LogP contribution is 2.49. The summed E-state index contributed by atoms with van der Waals surface area (Å²) in [6.07, 6.45) is -5.75. The molecule has 5 nitrogen and oxygen atoms in total. The first-order valence-corrected chi connectivity index (χ1v) is 10.2. The monoisotopic (exact) mass is 499 g/mol. The Morgan fingerprint density at radius 1 is 1.16 bits per heavy atom. The van der Waals surface area contributed by atoms with Crippen LogP contribution in [0.4, 0.5) is 22.0 Å². The number of aromatic nitrogens is 1. The van der Waals surface area contributed by atoms with Gasteiger partial charge in [-0.05, 0) is 43.0 Å². The van der Waals surface area contributed by atoms with Gasteiger partial charge in [0.25, 0.3) is 5.91 Å². The molecular formula is C18H11ClF5NO4S2. The van der Waals surface area contributed by atoms with Gasteiger partial charge in [0.2, 0.25) is 0 Å². The summed E-state index contributed by atoms with van der Waals surface area (Å²) < 4.78 is 69.7. The van der Waals surface area contributed by atoms with Crippen LogP contribution in [0.5, 0.6) is 11.5 Å². The number of ether oxygens (including phenoxy) is 1. The molecule has 166 valence electrons. The molecule has 0 aliphatic carbocycles. The first kappa shape index (κ1) is 23.4. The minimum absolute atomic E-state index is 0.0671. The number of thioether (sulfide) groups is 1. The third-order valence-corrected chi connectivity index (χ3v) is 6.61. The first-order chi connectivity index (χ1) is 14.2. The van der Waals surface area contributed by atoms with Crippen molar-refractivity contribution in [1.82, 2.24) is 4.57 Å². The van der Waals surface area contributed by atoms with Crippen LogP contribution in [0, 0.1) is 6.92 Å². The minimum atomic E-state index is -5.75. The van der Waals surface area contributed by atoms with Gasteiger partial charge >= 0.3 is 17.4 Å². The maximum atomic E-state index is 13.3. The lowest BCUT2D eigenvalue weighted by atomic mass is 10.2. The number of rotatable bonds is 4. The van der Waals surface area contributed by atoms with Gasteiger partial charge < -0.3 is 9.84 Å². The molecule has 1 aromatic carbocycles. The number of benzene rings is 1. The molecule has 0 fully saturated rings. The summed E-state index contributed by atoms with van der Waals surface area (Å²) in [5.74, 6) is -1.92. The summed E-state index contributed by atoms with van der Waals surface area (Å²) in [4.78, 5) is 24.4. The summed E-state index contributed by atoms with van der Waals surface area (Å²) in [7, 11) is 0. The standard InChI is InChI=1S/C18H11ClF5NO4S2/c1-7-15(29-8(2)26)13-9(3-4-10(27)14(13)19)25(7)16(28)11-5-6-12(30-11)31-18(23,24)17(20,21)22/h3-6,27H,1-2H3.